The van der Waals surface area contributed by atoms with Gasteiger partial charge in [-0.3, -0.25) is 0 Å². The maximum Gasteiger partial charge on any atom is 0.129 e. The minimum absolute atomic E-state index is 0.108. The van der Waals surface area contributed by atoms with Gasteiger partial charge in [0.25, 0.3) is 0 Å². The Balaban J connectivity index is 2.26. The zero-order chi connectivity index (χ0) is 13.1. The highest BCUT2D eigenvalue weighted by molar-refractivity contribution is 7.10. The average Bonchev–Trinajstić information content (AvgIpc) is 2.73. The van der Waals surface area contributed by atoms with Crippen molar-refractivity contribution in [1.82, 2.24) is 0 Å². The van der Waals surface area contributed by atoms with Crippen molar-refractivity contribution >= 4 is 11.3 Å². The molecule has 0 saturated carbocycles. The Hall–Kier alpha value is -1.26. The van der Waals surface area contributed by atoms with Crippen molar-refractivity contribution < 1.29 is 8.78 Å². The standard InChI is InChI=1S/C14H15F2NS/c1-9-4-5-18-14(9)6-10(8-17)12-3-2-11(15)7-13(12)16/h2-5,7,10H,6,8,17H2,1H3. The second-order valence-electron chi connectivity index (χ2n) is 4.33. The smallest absolute Gasteiger partial charge is 0.129 e. The molecular weight excluding hydrogens is 252 g/mol. The Bertz CT molecular complexity index is 536. The molecule has 0 radical (unpaired) electrons. The number of hydrogen-bond acceptors (Lipinski definition) is 2. The van der Waals surface area contributed by atoms with Gasteiger partial charge < -0.3 is 5.73 Å². The summed E-state index contributed by atoms with van der Waals surface area (Å²) in [6.45, 7) is 2.38. The zero-order valence-corrected chi connectivity index (χ0v) is 10.9. The van der Waals surface area contributed by atoms with E-state index in [1.54, 1.807) is 11.3 Å². The third-order valence-electron chi connectivity index (χ3n) is 3.09. The Morgan fingerprint density at radius 1 is 1.28 bits per heavy atom. The first kappa shape index (κ1) is 13.2. The number of aryl methyl sites for hydroxylation is 1. The van der Waals surface area contributed by atoms with Crippen LogP contribution in [0.3, 0.4) is 0 Å². The molecule has 18 heavy (non-hydrogen) atoms. The number of thiophene rings is 1. The molecule has 1 nitrogen and oxygen atoms in total. The molecule has 0 spiro atoms. The first-order chi connectivity index (χ1) is 8.61. The summed E-state index contributed by atoms with van der Waals surface area (Å²) in [7, 11) is 0. The van der Waals surface area contributed by atoms with E-state index >= 15 is 0 Å². The van der Waals surface area contributed by atoms with E-state index < -0.39 is 11.6 Å². The fourth-order valence-corrected chi connectivity index (χ4v) is 2.98. The van der Waals surface area contributed by atoms with Crippen molar-refractivity contribution in [2.45, 2.75) is 19.3 Å². The minimum Gasteiger partial charge on any atom is -0.330 e. The lowest BCUT2D eigenvalue weighted by Crippen LogP contribution is -2.16. The van der Waals surface area contributed by atoms with Crippen LogP contribution in [0.25, 0.3) is 0 Å². The second kappa shape index (κ2) is 5.59. The van der Waals surface area contributed by atoms with Gasteiger partial charge in [0.15, 0.2) is 0 Å². The van der Waals surface area contributed by atoms with Gasteiger partial charge in [-0.15, -0.1) is 11.3 Å². The molecular formula is C14H15F2NS. The van der Waals surface area contributed by atoms with Gasteiger partial charge >= 0.3 is 0 Å². The van der Waals surface area contributed by atoms with Crippen LogP contribution >= 0.6 is 11.3 Å². The first-order valence-corrected chi connectivity index (χ1v) is 6.67. The summed E-state index contributed by atoms with van der Waals surface area (Å²) in [6.07, 6.45) is 0.697. The lowest BCUT2D eigenvalue weighted by molar-refractivity contribution is 0.552. The molecule has 1 aromatic carbocycles. The van der Waals surface area contributed by atoms with E-state index in [-0.39, 0.29) is 5.92 Å². The van der Waals surface area contributed by atoms with Crippen molar-refractivity contribution in [3.8, 4) is 0 Å². The molecule has 1 heterocycles. The molecule has 0 fully saturated rings. The third-order valence-corrected chi connectivity index (χ3v) is 4.13. The zero-order valence-electron chi connectivity index (χ0n) is 10.1. The Morgan fingerprint density at radius 3 is 2.61 bits per heavy atom. The highest BCUT2D eigenvalue weighted by Gasteiger charge is 2.17. The number of halogens is 2. The van der Waals surface area contributed by atoms with E-state index in [4.69, 9.17) is 5.73 Å². The molecule has 2 N–H and O–H groups in total. The SMILES string of the molecule is Cc1ccsc1CC(CN)c1ccc(F)cc1F. The summed E-state index contributed by atoms with van der Waals surface area (Å²) < 4.78 is 26.6. The molecule has 0 aliphatic heterocycles. The van der Waals surface area contributed by atoms with Gasteiger partial charge in [-0.05, 0) is 48.5 Å². The lowest BCUT2D eigenvalue weighted by Gasteiger charge is -2.15. The topological polar surface area (TPSA) is 26.0 Å². The normalized spacial score (nSPS) is 12.7. The molecule has 0 aliphatic carbocycles. The summed E-state index contributed by atoms with van der Waals surface area (Å²) in [5, 5.41) is 2.01. The van der Waals surface area contributed by atoms with Crippen LogP contribution in [-0.4, -0.2) is 6.54 Å². The Morgan fingerprint density at radius 2 is 2.06 bits per heavy atom. The highest BCUT2D eigenvalue weighted by Crippen LogP contribution is 2.27. The molecule has 1 unspecified atom stereocenters. The number of nitrogens with two attached hydrogens (primary N) is 1. The molecule has 4 heteroatoms. The number of benzene rings is 1. The van der Waals surface area contributed by atoms with Crippen LogP contribution in [0.4, 0.5) is 8.78 Å². The van der Waals surface area contributed by atoms with Gasteiger partial charge in [0, 0.05) is 16.9 Å². The molecule has 2 rings (SSSR count). The van der Waals surface area contributed by atoms with Crippen LogP contribution in [0.1, 0.15) is 21.9 Å². The molecule has 2 aromatic rings. The van der Waals surface area contributed by atoms with Crippen LogP contribution in [0.5, 0.6) is 0 Å². The molecule has 0 saturated heterocycles. The monoisotopic (exact) mass is 267 g/mol. The largest absolute Gasteiger partial charge is 0.330 e. The predicted octanol–water partition coefficient (Wildman–Crippen LogP) is 3.62. The number of rotatable bonds is 4. The molecule has 0 bridgehead atoms. The maximum absolute atomic E-state index is 13.7. The van der Waals surface area contributed by atoms with Gasteiger partial charge in [0.2, 0.25) is 0 Å². The van der Waals surface area contributed by atoms with Crippen molar-refractivity contribution in [2.24, 2.45) is 5.73 Å². The lowest BCUT2D eigenvalue weighted by atomic mass is 9.93. The van der Waals surface area contributed by atoms with Crippen LogP contribution in [0.15, 0.2) is 29.6 Å². The average molecular weight is 267 g/mol. The Kier molecular flexibility index (Phi) is 4.09. The van der Waals surface area contributed by atoms with Crippen LogP contribution < -0.4 is 5.73 Å². The van der Waals surface area contributed by atoms with Gasteiger partial charge in [0.05, 0.1) is 0 Å². The van der Waals surface area contributed by atoms with E-state index in [0.717, 1.165) is 6.07 Å². The first-order valence-electron chi connectivity index (χ1n) is 5.79. The Labute approximate surface area is 109 Å². The van der Waals surface area contributed by atoms with Gasteiger partial charge in [0.1, 0.15) is 11.6 Å². The van der Waals surface area contributed by atoms with Crippen LogP contribution in [0, 0.1) is 18.6 Å². The molecule has 96 valence electrons. The van der Waals surface area contributed by atoms with Gasteiger partial charge in [-0.25, -0.2) is 8.78 Å². The number of hydrogen-bond donors (Lipinski definition) is 1. The van der Waals surface area contributed by atoms with Crippen molar-refractivity contribution in [1.29, 1.82) is 0 Å². The fraction of sp³-hybridized carbons (Fsp3) is 0.286. The summed E-state index contributed by atoms with van der Waals surface area (Å²) >= 11 is 1.64. The van der Waals surface area contributed by atoms with Crippen molar-refractivity contribution in [3.63, 3.8) is 0 Å². The van der Waals surface area contributed by atoms with Crippen LogP contribution in [0.2, 0.25) is 0 Å². The van der Waals surface area contributed by atoms with E-state index in [2.05, 4.69) is 0 Å². The highest BCUT2D eigenvalue weighted by atomic mass is 32.1. The van der Waals surface area contributed by atoms with Gasteiger partial charge in [-0.1, -0.05) is 6.07 Å². The minimum atomic E-state index is -0.556. The molecule has 0 amide bonds. The van der Waals surface area contributed by atoms with Gasteiger partial charge in [-0.2, -0.15) is 0 Å². The second-order valence-corrected chi connectivity index (χ2v) is 5.33. The summed E-state index contributed by atoms with van der Waals surface area (Å²) in [4.78, 5) is 1.20. The summed E-state index contributed by atoms with van der Waals surface area (Å²) in [5.41, 5.74) is 7.41. The third kappa shape index (κ3) is 2.76. The van der Waals surface area contributed by atoms with Crippen molar-refractivity contribution in [3.05, 3.63) is 57.3 Å². The quantitative estimate of drug-likeness (QED) is 0.899. The molecule has 1 atom stereocenters. The summed E-state index contributed by atoms with van der Waals surface area (Å²) in [5.74, 6) is -1.18. The van der Waals surface area contributed by atoms with Crippen LogP contribution in [-0.2, 0) is 6.42 Å². The fourth-order valence-electron chi connectivity index (χ4n) is 1.99. The van der Waals surface area contributed by atoms with E-state index in [1.165, 1.54) is 22.6 Å². The molecule has 0 aliphatic rings. The van der Waals surface area contributed by atoms with E-state index in [0.29, 0.717) is 18.5 Å². The molecule has 1 aromatic heterocycles. The van der Waals surface area contributed by atoms with E-state index in [1.807, 2.05) is 18.4 Å². The summed E-state index contributed by atoms with van der Waals surface area (Å²) in [6, 6.07) is 5.72. The van der Waals surface area contributed by atoms with E-state index in [9.17, 15) is 8.78 Å². The van der Waals surface area contributed by atoms with Crippen molar-refractivity contribution in [2.75, 3.05) is 6.54 Å². The predicted molar refractivity (Wildman–Crippen MR) is 70.9 cm³/mol. The maximum atomic E-state index is 13.7.